The fourth-order valence-corrected chi connectivity index (χ4v) is 2.86. The number of hydrogen-bond donors (Lipinski definition) is 1. The van der Waals surface area contributed by atoms with E-state index in [2.05, 4.69) is 15.9 Å². The van der Waals surface area contributed by atoms with Crippen LogP contribution in [0.1, 0.15) is 28.2 Å². The smallest absolute Gasteiger partial charge is 0.311 e. The van der Waals surface area contributed by atoms with Crippen molar-refractivity contribution in [3.05, 3.63) is 69.2 Å². The van der Waals surface area contributed by atoms with Crippen molar-refractivity contribution in [1.82, 2.24) is 0 Å². The molecule has 0 aliphatic rings. The first-order valence-electron chi connectivity index (χ1n) is 6.52. The third-order valence-electron chi connectivity index (χ3n) is 3.60. The van der Waals surface area contributed by atoms with Crippen molar-refractivity contribution in [2.45, 2.75) is 26.2 Å². The number of carboxylic acids is 1. The lowest BCUT2D eigenvalue weighted by Crippen LogP contribution is -2.15. The van der Waals surface area contributed by atoms with E-state index in [0.29, 0.717) is 6.42 Å². The molecule has 2 aromatic carbocycles. The Morgan fingerprint density at radius 3 is 2.30 bits per heavy atom. The topological polar surface area (TPSA) is 37.3 Å². The number of aliphatic carboxylic acids is 1. The van der Waals surface area contributed by atoms with Crippen LogP contribution in [0.3, 0.4) is 0 Å². The van der Waals surface area contributed by atoms with Gasteiger partial charge < -0.3 is 5.11 Å². The van der Waals surface area contributed by atoms with Crippen LogP contribution < -0.4 is 0 Å². The maximum Gasteiger partial charge on any atom is 0.311 e. The second-order valence-electron chi connectivity index (χ2n) is 5.02. The highest BCUT2D eigenvalue weighted by Gasteiger charge is 2.22. The maximum absolute atomic E-state index is 11.6. The van der Waals surface area contributed by atoms with Gasteiger partial charge in [0.05, 0.1) is 5.92 Å². The largest absolute Gasteiger partial charge is 0.481 e. The Labute approximate surface area is 127 Å². The van der Waals surface area contributed by atoms with Gasteiger partial charge in [0, 0.05) is 4.47 Å². The number of aryl methyl sites for hydroxylation is 2. The second kappa shape index (κ2) is 6.23. The summed E-state index contributed by atoms with van der Waals surface area (Å²) in [5.41, 5.74) is 4.24. The van der Waals surface area contributed by atoms with E-state index >= 15 is 0 Å². The molecule has 1 atom stereocenters. The zero-order chi connectivity index (χ0) is 14.7. The monoisotopic (exact) mass is 332 g/mol. The van der Waals surface area contributed by atoms with Crippen molar-refractivity contribution >= 4 is 21.9 Å². The highest BCUT2D eigenvalue weighted by Crippen LogP contribution is 2.27. The molecule has 0 heterocycles. The fourth-order valence-electron chi connectivity index (χ4n) is 2.45. The lowest BCUT2D eigenvalue weighted by Gasteiger charge is -2.16. The summed E-state index contributed by atoms with van der Waals surface area (Å²) in [6.45, 7) is 4.06. The molecule has 1 unspecified atom stereocenters. The fraction of sp³-hybridized carbons (Fsp3) is 0.235. The van der Waals surface area contributed by atoms with E-state index in [1.807, 2.05) is 56.3 Å². The van der Waals surface area contributed by atoms with E-state index in [1.165, 1.54) is 0 Å². The molecule has 2 nitrogen and oxygen atoms in total. The predicted octanol–water partition coefficient (Wildman–Crippen LogP) is 4.48. The SMILES string of the molecule is Cc1cccc(C)c1CC(C(=O)O)c1cccc(Br)c1. The summed E-state index contributed by atoms with van der Waals surface area (Å²) in [6, 6.07) is 13.6. The minimum absolute atomic E-state index is 0.518. The molecule has 0 saturated carbocycles. The molecule has 2 rings (SSSR count). The molecule has 104 valence electrons. The zero-order valence-corrected chi connectivity index (χ0v) is 13.1. The molecule has 20 heavy (non-hydrogen) atoms. The number of hydrogen-bond acceptors (Lipinski definition) is 1. The minimum Gasteiger partial charge on any atom is -0.481 e. The van der Waals surface area contributed by atoms with Crippen LogP contribution in [0.25, 0.3) is 0 Å². The van der Waals surface area contributed by atoms with Gasteiger partial charge in [0.1, 0.15) is 0 Å². The molecule has 0 amide bonds. The first-order valence-corrected chi connectivity index (χ1v) is 7.31. The Morgan fingerprint density at radius 1 is 1.15 bits per heavy atom. The molecule has 0 aromatic heterocycles. The van der Waals surface area contributed by atoms with Gasteiger partial charge in [-0.05, 0) is 54.7 Å². The Hall–Kier alpha value is -1.61. The zero-order valence-electron chi connectivity index (χ0n) is 11.6. The first-order chi connectivity index (χ1) is 9.49. The van der Waals surface area contributed by atoms with Crippen LogP contribution in [0.4, 0.5) is 0 Å². The average molecular weight is 333 g/mol. The number of halogens is 1. The summed E-state index contributed by atoms with van der Waals surface area (Å²) in [5, 5.41) is 9.55. The van der Waals surface area contributed by atoms with Crippen molar-refractivity contribution < 1.29 is 9.90 Å². The Bertz CT molecular complexity index is 614. The van der Waals surface area contributed by atoms with Crippen LogP contribution in [-0.2, 0) is 11.2 Å². The highest BCUT2D eigenvalue weighted by molar-refractivity contribution is 9.10. The summed E-state index contributed by atoms with van der Waals surface area (Å²) < 4.78 is 0.905. The maximum atomic E-state index is 11.6. The molecular weight excluding hydrogens is 316 g/mol. The summed E-state index contributed by atoms with van der Waals surface area (Å²) in [6.07, 6.45) is 0.518. The van der Waals surface area contributed by atoms with Gasteiger partial charge in [-0.15, -0.1) is 0 Å². The van der Waals surface area contributed by atoms with Crippen LogP contribution >= 0.6 is 15.9 Å². The van der Waals surface area contributed by atoms with E-state index in [4.69, 9.17) is 0 Å². The molecule has 2 aromatic rings. The Balaban J connectivity index is 2.38. The van der Waals surface area contributed by atoms with Gasteiger partial charge in [-0.25, -0.2) is 0 Å². The van der Waals surface area contributed by atoms with Gasteiger partial charge in [-0.2, -0.15) is 0 Å². The molecular formula is C17H17BrO2. The third kappa shape index (κ3) is 3.28. The highest BCUT2D eigenvalue weighted by atomic mass is 79.9. The van der Waals surface area contributed by atoms with Gasteiger partial charge in [0.15, 0.2) is 0 Å². The van der Waals surface area contributed by atoms with Crippen LogP contribution in [0.15, 0.2) is 46.9 Å². The lowest BCUT2D eigenvalue weighted by atomic mass is 9.88. The quantitative estimate of drug-likeness (QED) is 0.896. The molecule has 0 radical (unpaired) electrons. The number of benzene rings is 2. The molecule has 3 heteroatoms. The van der Waals surface area contributed by atoms with Crippen molar-refractivity contribution in [2.75, 3.05) is 0 Å². The van der Waals surface area contributed by atoms with Gasteiger partial charge in [0.2, 0.25) is 0 Å². The normalized spacial score (nSPS) is 12.2. The Kier molecular flexibility index (Phi) is 4.61. The van der Waals surface area contributed by atoms with E-state index in [1.54, 1.807) is 0 Å². The minimum atomic E-state index is -0.786. The van der Waals surface area contributed by atoms with Crippen LogP contribution in [0.5, 0.6) is 0 Å². The van der Waals surface area contributed by atoms with E-state index in [0.717, 1.165) is 26.7 Å². The summed E-state index contributed by atoms with van der Waals surface area (Å²) in [7, 11) is 0. The van der Waals surface area contributed by atoms with Gasteiger partial charge in [-0.1, -0.05) is 46.3 Å². The molecule has 0 aliphatic carbocycles. The molecule has 0 aliphatic heterocycles. The summed E-state index contributed by atoms with van der Waals surface area (Å²) in [4.78, 5) is 11.6. The lowest BCUT2D eigenvalue weighted by molar-refractivity contribution is -0.138. The first kappa shape index (κ1) is 14.8. The average Bonchev–Trinajstić information content (AvgIpc) is 2.38. The van der Waals surface area contributed by atoms with Gasteiger partial charge in [-0.3, -0.25) is 4.79 Å². The van der Waals surface area contributed by atoms with Crippen LogP contribution in [0.2, 0.25) is 0 Å². The number of carbonyl (C=O) groups is 1. The third-order valence-corrected chi connectivity index (χ3v) is 4.10. The number of carboxylic acid groups (broad SMARTS) is 1. The van der Waals surface area contributed by atoms with E-state index < -0.39 is 11.9 Å². The van der Waals surface area contributed by atoms with Crippen molar-refractivity contribution in [3.63, 3.8) is 0 Å². The molecule has 1 N–H and O–H groups in total. The summed E-state index contributed by atoms with van der Waals surface area (Å²) >= 11 is 3.40. The van der Waals surface area contributed by atoms with Crippen LogP contribution in [0, 0.1) is 13.8 Å². The van der Waals surface area contributed by atoms with Crippen molar-refractivity contribution in [2.24, 2.45) is 0 Å². The van der Waals surface area contributed by atoms with Crippen LogP contribution in [-0.4, -0.2) is 11.1 Å². The Morgan fingerprint density at radius 2 is 1.75 bits per heavy atom. The predicted molar refractivity (Wildman–Crippen MR) is 84.1 cm³/mol. The van der Waals surface area contributed by atoms with Crippen molar-refractivity contribution in [3.8, 4) is 0 Å². The second-order valence-corrected chi connectivity index (χ2v) is 5.94. The molecule has 0 spiro atoms. The molecule has 0 bridgehead atoms. The van der Waals surface area contributed by atoms with Gasteiger partial charge >= 0.3 is 5.97 Å². The molecule has 0 saturated heterocycles. The summed E-state index contributed by atoms with van der Waals surface area (Å²) in [5.74, 6) is -1.31. The standard InChI is InChI=1S/C17H17BrO2/c1-11-5-3-6-12(2)15(11)10-16(17(19)20)13-7-4-8-14(18)9-13/h3-9,16H,10H2,1-2H3,(H,19,20). The number of rotatable bonds is 4. The van der Waals surface area contributed by atoms with E-state index in [9.17, 15) is 9.90 Å². The molecule has 0 fully saturated rings. The van der Waals surface area contributed by atoms with Gasteiger partial charge in [0.25, 0.3) is 0 Å². The van der Waals surface area contributed by atoms with E-state index in [-0.39, 0.29) is 0 Å². The van der Waals surface area contributed by atoms with Crippen molar-refractivity contribution in [1.29, 1.82) is 0 Å².